The van der Waals surface area contributed by atoms with E-state index in [2.05, 4.69) is 10.3 Å². The van der Waals surface area contributed by atoms with E-state index < -0.39 is 0 Å². The van der Waals surface area contributed by atoms with Crippen LogP contribution in [0, 0.1) is 0 Å². The molecule has 3 N–H and O–H groups in total. The van der Waals surface area contributed by atoms with Crippen molar-refractivity contribution in [3.8, 4) is 0 Å². The van der Waals surface area contributed by atoms with Crippen LogP contribution in [0.25, 0.3) is 0 Å². The number of anilines is 2. The lowest BCUT2D eigenvalue weighted by Gasteiger charge is -2.02. The lowest BCUT2D eigenvalue weighted by molar-refractivity contribution is 0.0533. The van der Waals surface area contributed by atoms with Gasteiger partial charge in [-0.15, -0.1) is 11.3 Å². The summed E-state index contributed by atoms with van der Waals surface area (Å²) in [6.07, 6.45) is 3.52. The number of carbonyl (C=O) groups is 1. The lowest BCUT2D eigenvalue weighted by Crippen LogP contribution is -2.04. The molecule has 0 unspecified atom stereocenters. The van der Waals surface area contributed by atoms with Crippen molar-refractivity contribution in [1.29, 1.82) is 0 Å². The Labute approximate surface area is 115 Å². The van der Waals surface area contributed by atoms with Gasteiger partial charge in [0.15, 0.2) is 0 Å². The molecule has 0 amide bonds. The Morgan fingerprint density at radius 2 is 2.42 bits per heavy atom. The third-order valence-electron chi connectivity index (χ3n) is 2.41. The van der Waals surface area contributed by atoms with Crippen molar-refractivity contribution in [2.24, 2.45) is 0 Å². The zero-order chi connectivity index (χ0) is 13.7. The van der Waals surface area contributed by atoms with Crippen LogP contribution in [0.2, 0.25) is 0 Å². The molecule has 5 nitrogen and oxygen atoms in total. The van der Waals surface area contributed by atoms with E-state index in [1.54, 1.807) is 25.4 Å². The SMILES string of the molecule is CCOC(=O)c1sc(NCc2cccnc2)cc1N. The Kier molecular flexibility index (Phi) is 4.35. The van der Waals surface area contributed by atoms with Crippen molar-refractivity contribution in [2.75, 3.05) is 17.7 Å². The number of rotatable bonds is 5. The molecule has 2 aromatic rings. The highest BCUT2D eigenvalue weighted by Crippen LogP contribution is 2.30. The number of nitrogens with zero attached hydrogens (tertiary/aromatic N) is 1. The van der Waals surface area contributed by atoms with Gasteiger partial charge in [-0.2, -0.15) is 0 Å². The molecule has 0 spiro atoms. The van der Waals surface area contributed by atoms with Gasteiger partial charge in [-0.3, -0.25) is 4.98 Å². The average Bonchev–Trinajstić information content (AvgIpc) is 2.79. The number of carbonyl (C=O) groups excluding carboxylic acids is 1. The van der Waals surface area contributed by atoms with Crippen molar-refractivity contribution < 1.29 is 9.53 Å². The predicted molar refractivity (Wildman–Crippen MR) is 76.3 cm³/mol. The van der Waals surface area contributed by atoms with E-state index in [0.717, 1.165) is 10.6 Å². The number of aromatic nitrogens is 1. The molecule has 0 aliphatic heterocycles. The van der Waals surface area contributed by atoms with E-state index >= 15 is 0 Å². The molecular formula is C13H15N3O2S. The van der Waals surface area contributed by atoms with E-state index in [-0.39, 0.29) is 5.97 Å². The number of nitrogen functional groups attached to an aromatic ring is 1. The molecule has 2 rings (SSSR count). The Hall–Kier alpha value is -2.08. The number of ether oxygens (including phenoxy) is 1. The van der Waals surface area contributed by atoms with Crippen molar-refractivity contribution in [1.82, 2.24) is 4.98 Å². The minimum absolute atomic E-state index is 0.342. The van der Waals surface area contributed by atoms with Crippen LogP contribution < -0.4 is 11.1 Å². The highest BCUT2D eigenvalue weighted by atomic mass is 32.1. The van der Waals surface area contributed by atoms with Gasteiger partial charge in [-0.05, 0) is 24.6 Å². The smallest absolute Gasteiger partial charge is 0.350 e. The zero-order valence-electron chi connectivity index (χ0n) is 10.6. The average molecular weight is 277 g/mol. The second-order valence-corrected chi connectivity index (χ2v) is 4.88. The van der Waals surface area contributed by atoms with Crippen LogP contribution in [0.4, 0.5) is 10.7 Å². The summed E-state index contributed by atoms with van der Waals surface area (Å²) in [5, 5.41) is 4.05. The van der Waals surface area contributed by atoms with Crippen molar-refractivity contribution >= 4 is 28.0 Å². The lowest BCUT2D eigenvalue weighted by atomic mass is 10.3. The second kappa shape index (κ2) is 6.19. The minimum atomic E-state index is -0.376. The Morgan fingerprint density at radius 1 is 1.58 bits per heavy atom. The number of nitrogens with two attached hydrogens (primary N) is 1. The highest BCUT2D eigenvalue weighted by molar-refractivity contribution is 7.18. The van der Waals surface area contributed by atoms with Crippen molar-refractivity contribution in [3.05, 3.63) is 41.0 Å². The van der Waals surface area contributed by atoms with Gasteiger partial charge in [0.25, 0.3) is 0 Å². The molecule has 19 heavy (non-hydrogen) atoms. The summed E-state index contributed by atoms with van der Waals surface area (Å²) in [6, 6.07) is 5.60. The first-order valence-corrected chi connectivity index (χ1v) is 6.71. The molecule has 6 heteroatoms. The number of hydrogen-bond donors (Lipinski definition) is 2. The van der Waals surface area contributed by atoms with Crippen LogP contribution in [-0.4, -0.2) is 17.6 Å². The minimum Gasteiger partial charge on any atom is -0.462 e. The maximum absolute atomic E-state index is 11.6. The van der Waals surface area contributed by atoms with E-state index in [1.807, 2.05) is 12.1 Å². The maximum Gasteiger partial charge on any atom is 0.350 e. The summed E-state index contributed by atoms with van der Waals surface area (Å²) in [7, 11) is 0. The van der Waals surface area contributed by atoms with Gasteiger partial charge in [-0.25, -0.2) is 4.79 Å². The fraction of sp³-hybridized carbons (Fsp3) is 0.231. The van der Waals surface area contributed by atoms with Gasteiger partial charge in [-0.1, -0.05) is 6.07 Å². The normalized spacial score (nSPS) is 10.2. The summed E-state index contributed by atoms with van der Waals surface area (Å²) in [5.74, 6) is -0.376. The van der Waals surface area contributed by atoms with E-state index in [0.29, 0.717) is 23.7 Å². The summed E-state index contributed by atoms with van der Waals surface area (Å²) >= 11 is 1.30. The van der Waals surface area contributed by atoms with Gasteiger partial charge >= 0.3 is 5.97 Å². The van der Waals surface area contributed by atoms with Crippen LogP contribution in [0.15, 0.2) is 30.6 Å². The maximum atomic E-state index is 11.6. The topological polar surface area (TPSA) is 77.2 Å². The first-order valence-electron chi connectivity index (χ1n) is 5.90. The Balaban J connectivity index is 2.02. The summed E-state index contributed by atoms with van der Waals surface area (Å²) in [6.45, 7) is 2.74. The van der Waals surface area contributed by atoms with Crippen LogP contribution in [0.1, 0.15) is 22.2 Å². The molecule has 2 heterocycles. The fourth-order valence-electron chi connectivity index (χ4n) is 1.54. The Bertz CT molecular complexity index is 554. The third kappa shape index (κ3) is 3.45. The Morgan fingerprint density at radius 3 is 3.11 bits per heavy atom. The molecule has 2 aromatic heterocycles. The van der Waals surface area contributed by atoms with Gasteiger partial charge in [0.1, 0.15) is 4.88 Å². The van der Waals surface area contributed by atoms with E-state index in [9.17, 15) is 4.79 Å². The third-order valence-corrected chi connectivity index (χ3v) is 3.50. The quantitative estimate of drug-likeness (QED) is 0.821. The van der Waals surface area contributed by atoms with Gasteiger partial charge in [0.05, 0.1) is 17.3 Å². The van der Waals surface area contributed by atoms with Crippen LogP contribution >= 0.6 is 11.3 Å². The molecule has 0 fully saturated rings. The number of esters is 1. The van der Waals surface area contributed by atoms with Gasteiger partial charge in [0, 0.05) is 18.9 Å². The van der Waals surface area contributed by atoms with Crippen LogP contribution in [0.3, 0.4) is 0 Å². The number of pyridine rings is 1. The van der Waals surface area contributed by atoms with Crippen molar-refractivity contribution in [2.45, 2.75) is 13.5 Å². The number of thiophene rings is 1. The molecule has 0 saturated carbocycles. The summed E-state index contributed by atoms with van der Waals surface area (Å²) in [4.78, 5) is 16.1. The van der Waals surface area contributed by atoms with Gasteiger partial charge < -0.3 is 15.8 Å². The monoisotopic (exact) mass is 277 g/mol. The number of nitrogens with one attached hydrogen (secondary N) is 1. The van der Waals surface area contributed by atoms with E-state index in [4.69, 9.17) is 10.5 Å². The summed E-state index contributed by atoms with van der Waals surface area (Å²) in [5.41, 5.74) is 7.30. The second-order valence-electron chi connectivity index (χ2n) is 3.83. The molecule has 0 aliphatic rings. The summed E-state index contributed by atoms with van der Waals surface area (Å²) < 4.78 is 4.94. The van der Waals surface area contributed by atoms with Gasteiger partial charge in [0.2, 0.25) is 0 Å². The molecule has 0 radical (unpaired) electrons. The van der Waals surface area contributed by atoms with Crippen LogP contribution in [-0.2, 0) is 11.3 Å². The largest absolute Gasteiger partial charge is 0.462 e. The molecular weight excluding hydrogens is 262 g/mol. The first-order chi connectivity index (χ1) is 9.20. The zero-order valence-corrected chi connectivity index (χ0v) is 11.4. The first kappa shape index (κ1) is 13.4. The molecule has 0 bridgehead atoms. The van der Waals surface area contributed by atoms with Crippen molar-refractivity contribution in [3.63, 3.8) is 0 Å². The molecule has 0 aromatic carbocycles. The highest BCUT2D eigenvalue weighted by Gasteiger charge is 2.15. The van der Waals surface area contributed by atoms with Crippen LogP contribution in [0.5, 0.6) is 0 Å². The number of hydrogen-bond acceptors (Lipinski definition) is 6. The molecule has 0 saturated heterocycles. The molecule has 0 aliphatic carbocycles. The fourth-order valence-corrected chi connectivity index (χ4v) is 2.41. The standard InChI is InChI=1S/C13H15N3O2S/c1-2-18-13(17)12-10(14)6-11(19-12)16-8-9-4-3-5-15-7-9/h3-7,16H,2,8,14H2,1H3. The molecule has 0 atom stereocenters. The van der Waals surface area contributed by atoms with E-state index in [1.165, 1.54) is 11.3 Å². The predicted octanol–water partition coefficient (Wildman–Crippen LogP) is 2.51. The molecule has 100 valence electrons.